The zero-order valence-electron chi connectivity index (χ0n) is 16.3. The summed E-state index contributed by atoms with van der Waals surface area (Å²) in [5.41, 5.74) is 1.09. The van der Waals surface area contributed by atoms with Crippen LogP contribution in [0, 0.1) is 0 Å². The van der Waals surface area contributed by atoms with Crippen LogP contribution in [0.5, 0.6) is 11.5 Å². The molecule has 0 radical (unpaired) electrons. The minimum atomic E-state index is 0.0610. The van der Waals surface area contributed by atoms with Crippen molar-refractivity contribution in [3.63, 3.8) is 0 Å². The van der Waals surface area contributed by atoms with E-state index in [1.165, 1.54) is 0 Å². The molecular formula is C18H27N5O3S. The largest absolute Gasteiger partial charge is 0.493 e. The van der Waals surface area contributed by atoms with Crippen LogP contribution in [0.1, 0.15) is 31.2 Å². The lowest BCUT2D eigenvalue weighted by Crippen LogP contribution is -2.28. The highest BCUT2D eigenvalue weighted by atomic mass is 32.2. The van der Waals surface area contributed by atoms with Crippen LogP contribution in [-0.4, -0.2) is 52.1 Å². The third kappa shape index (κ3) is 6.42. The molecule has 0 spiro atoms. The summed E-state index contributed by atoms with van der Waals surface area (Å²) in [6.07, 6.45) is 2.14. The number of carbonyl (C=O) groups excluding carboxylic acids is 1. The van der Waals surface area contributed by atoms with E-state index in [1.54, 1.807) is 30.7 Å². The number of tetrazole rings is 1. The molecule has 0 aliphatic heterocycles. The van der Waals surface area contributed by atoms with Crippen LogP contribution < -0.4 is 14.8 Å². The molecular weight excluding hydrogens is 366 g/mol. The van der Waals surface area contributed by atoms with Crippen molar-refractivity contribution in [2.45, 2.75) is 37.2 Å². The van der Waals surface area contributed by atoms with Crippen LogP contribution in [0.15, 0.2) is 18.2 Å². The fourth-order valence-corrected chi connectivity index (χ4v) is 3.68. The van der Waals surface area contributed by atoms with Gasteiger partial charge in [-0.3, -0.25) is 4.79 Å². The van der Waals surface area contributed by atoms with Gasteiger partial charge in [0.1, 0.15) is 0 Å². The van der Waals surface area contributed by atoms with E-state index in [1.807, 2.05) is 25.2 Å². The normalized spacial score (nSPS) is 11.9. The van der Waals surface area contributed by atoms with Crippen LogP contribution in [0.25, 0.3) is 0 Å². The molecule has 1 N–H and O–H groups in total. The molecule has 0 saturated heterocycles. The summed E-state index contributed by atoms with van der Waals surface area (Å²) in [4.78, 5) is 12.2. The quantitative estimate of drug-likeness (QED) is 0.624. The summed E-state index contributed by atoms with van der Waals surface area (Å²) in [6.45, 7) is 2.67. The van der Waals surface area contributed by atoms with E-state index < -0.39 is 0 Å². The molecule has 2 aromatic rings. The van der Waals surface area contributed by atoms with Gasteiger partial charge in [-0.05, 0) is 41.0 Å². The second-order valence-corrected chi connectivity index (χ2v) is 7.34. The first kappa shape index (κ1) is 21.0. The Balaban J connectivity index is 1.75. The predicted octanol–water partition coefficient (Wildman–Crippen LogP) is 1.99. The van der Waals surface area contributed by atoms with E-state index in [0.29, 0.717) is 30.2 Å². The summed E-state index contributed by atoms with van der Waals surface area (Å²) in [5, 5.41) is 14.7. The smallest absolute Gasteiger partial charge is 0.221 e. The number of rotatable bonds is 11. The van der Waals surface area contributed by atoms with E-state index in [-0.39, 0.29) is 11.2 Å². The number of aryl methyl sites for hydroxylation is 1. The second-order valence-electron chi connectivity index (χ2n) is 6.05. The molecule has 0 aliphatic carbocycles. The van der Waals surface area contributed by atoms with E-state index in [2.05, 4.69) is 27.8 Å². The molecule has 8 nitrogen and oxygen atoms in total. The molecule has 1 aromatic carbocycles. The zero-order valence-corrected chi connectivity index (χ0v) is 17.1. The topological polar surface area (TPSA) is 91.2 Å². The van der Waals surface area contributed by atoms with Crippen LogP contribution in [0.3, 0.4) is 0 Å². The lowest BCUT2D eigenvalue weighted by atomic mass is 10.1. The van der Waals surface area contributed by atoms with Crippen LogP contribution in [0.2, 0.25) is 0 Å². The fraction of sp³-hybridized carbons (Fsp3) is 0.556. The Bertz CT molecular complexity index is 738. The maximum absolute atomic E-state index is 12.2. The highest BCUT2D eigenvalue weighted by molar-refractivity contribution is 7.99. The van der Waals surface area contributed by atoms with Crippen molar-refractivity contribution in [1.29, 1.82) is 0 Å². The number of thioether (sulfide) groups is 1. The van der Waals surface area contributed by atoms with Crippen molar-refractivity contribution in [2.75, 3.05) is 20.8 Å². The van der Waals surface area contributed by atoms with Crippen LogP contribution in [0.4, 0.5) is 0 Å². The van der Waals surface area contributed by atoms with Gasteiger partial charge < -0.3 is 14.8 Å². The molecule has 0 fully saturated rings. The first-order chi connectivity index (χ1) is 13.1. The van der Waals surface area contributed by atoms with Crippen molar-refractivity contribution in [3.05, 3.63) is 29.6 Å². The molecule has 27 heavy (non-hydrogen) atoms. The maximum Gasteiger partial charge on any atom is 0.221 e. The maximum atomic E-state index is 12.2. The van der Waals surface area contributed by atoms with Gasteiger partial charge in [0.05, 0.1) is 20.0 Å². The van der Waals surface area contributed by atoms with E-state index in [0.717, 1.165) is 24.2 Å². The molecule has 0 bridgehead atoms. The number of methoxy groups -OCH3 is 2. The first-order valence-electron chi connectivity index (χ1n) is 8.87. The Labute approximate surface area is 164 Å². The van der Waals surface area contributed by atoms with Gasteiger partial charge in [-0.2, -0.15) is 0 Å². The number of benzene rings is 1. The number of carbonyl (C=O) groups is 1. The van der Waals surface area contributed by atoms with Gasteiger partial charge in [0.25, 0.3) is 0 Å². The average Bonchev–Trinajstić information content (AvgIpc) is 3.09. The highest BCUT2D eigenvalue weighted by Crippen LogP contribution is 2.27. The lowest BCUT2D eigenvalue weighted by Gasteiger charge is -2.14. The van der Waals surface area contributed by atoms with E-state index in [9.17, 15) is 4.79 Å². The summed E-state index contributed by atoms with van der Waals surface area (Å²) >= 11 is 1.71. The van der Waals surface area contributed by atoms with Gasteiger partial charge in [-0.15, -0.1) is 16.9 Å². The van der Waals surface area contributed by atoms with Gasteiger partial charge in [0.15, 0.2) is 17.3 Å². The fourth-order valence-electron chi connectivity index (χ4n) is 2.55. The van der Waals surface area contributed by atoms with Crippen molar-refractivity contribution >= 4 is 17.7 Å². The summed E-state index contributed by atoms with van der Waals surface area (Å²) in [6, 6.07) is 5.79. The summed E-state index contributed by atoms with van der Waals surface area (Å²) in [5.74, 6) is 2.97. The SMILES string of the molecule is CCC(CC(=O)NCCc1ccc(OC)c(OC)c1)SCc1nnnn1C. The van der Waals surface area contributed by atoms with Crippen molar-refractivity contribution in [1.82, 2.24) is 25.5 Å². The lowest BCUT2D eigenvalue weighted by molar-refractivity contribution is -0.121. The minimum Gasteiger partial charge on any atom is -0.493 e. The zero-order chi connectivity index (χ0) is 19.6. The molecule has 0 saturated carbocycles. The van der Waals surface area contributed by atoms with Crippen LogP contribution in [-0.2, 0) is 24.0 Å². The predicted molar refractivity (Wildman–Crippen MR) is 105 cm³/mol. The standard InChI is InChI=1S/C18H27N5O3S/c1-5-14(27-12-17-20-21-22-23(17)2)11-18(24)19-9-8-13-6-7-15(25-3)16(10-13)26-4/h6-7,10,14H,5,8-9,11-12H2,1-4H3,(H,19,24). The van der Waals surface area contributed by atoms with Gasteiger partial charge in [0.2, 0.25) is 5.91 Å². The number of hydrogen-bond donors (Lipinski definition) is 1. The van der Waals surface area contributed by atoms with E-state index >= 15 is 0 Å². The molecule has 148 valence electrons. The number of aromatic nitrogens is 4. The number of hydrogen-bond acceptors (Lipinski definition) is 7. The third-order valence-corrected chi connectivity index (χ3v) is 5.60. The van der Waals surface area contributed by atoms with Crippen molar-refractivity contribution in [3.8, 4) is 11.5 Å². The van der Waals surface area contributed by atoms with Gasteiger partial charge in [-0.25, -0.2) is 4.68 Å². The average molecular weight is 394 g/mol. The highest BCUT2D eigenvalue weighted by Gasteiger charge is 2.14. The van der Waals surface area contributed by atoms with Gasteiger partial charge in [0, 0.05) is 25.3 Å². The summed E-state index contributed by atoms with van der Waals surface area (Å²) < 4.78 is 12.2. The Morgan fingerprint density at radius 2 is 2.07 bits per heavy atom. The molecule has 0 aliphatic rings. The Kier molecular flexibility index (Phi) is 8.38. The monoisotopic (exact) mass is 393 g/mol. The molecule has 9 heteroatoms. The molecule has 1 unspecified atom stereocenters. The number of nitrogens with one attached hydrogen (secondary N) is 1. The number of nitrogens with zero attached hydrogens (tertiary/aromatic N) is 4. The summed E-state index contributed by atoms with van der Waals surface area (Å²) in [7, 11) is 5.04. The third-order valence-electron chi connectivity index (χ3n) is 4.21. The molecule has 2 rings (SSSR count). The molecule has 1 heterocycles. The molecule has 1 aromatic heterocycles. The van der Waals surface area contributed by atoms with Gasteiger partial charge in [-0.1, -0.05) is 13.0 Å². The number of amides is 1. The Morgan fingerprint density at radius 1 is 1.30 bits per heavy atom. The second kappa shape index (κ2) is 10.8. The Morgan fingerprint density at radius 3 is 2.70 bits per heavy atom. The first-order valence-corrected chi connectivity index (χ1v) is 9.92. The van der Waals surface area contributed by atoms with E-state index in [4.69, 9.17) is 9.47 Å². The molecule has 1 atom stereocenters. The minimum absolute atomic E-state index is 0.0610. The number of ether oxygens (including phenoxy) is 2. The van der Waals surface area contributed by atoms with Gasteiger partial charge >= 0.3 is 0 Å². The molecule has 1 amide bonds. The Hall–Kier alpha value is -2.29. The van der Waals surface area contributed by atoms with Crippen molar-refractivity contribution < 1.29 is 14.3 Å². The van der Waals surface area contributed by atoms with Crippen LogP contribution >= 0.6 is 11.8 Å². The van der Waals surface area contributed by atoms with Crippen molar-refractivity contribution in [2.24, 2.45) is 7.05 Å².